The molecule has 3 aromatic carbocycles. The zero-order valence-corrected chi connectivity index (χ0v) is 16.0. The maximum absolute atomic E-state index is 12.4. The first-order valence-corrected chi connectivity index (χ1v) is 9.10. The highest BCUT2D eigenvalue weighted by Gasteiger charge is 2.13. The van der Waals surface area contributed by atoms with Gasteiger partial charge in [-0.05, 0) is 47.4 Å². The summed E-state index contributed by atoms with van der Waals surface area (Å²) in [5, 5.41) is 5.46. The number of methoxy groups -OCH3 is 2. The summed E-state index contributed by atoms with van der Waals surface area (Å²) in [5.41, 5.74) is 2.06. The number of hydrogen-bond acceptors (Lipinski definition) is 3. The van der Waals surface area contributed by atoms with Gasteiger partial charge in [-0.25, -0.2) is 0 Å². The molecule has 0 unspecified atom stereocenters. The molecule has 4 heteroatoms. The van der Waals surface area contributed by atoms with Crippen molar-refractivity contribution in [2.45, 2.75) is 25.8 Å². The zero-order chi connectivity index (χ0) is 19.2. The van der Waals surface area contributed by atoms with E-state index in [1.807, 2.05) is 37.3 Å². The molecule has 0 aliphatic rings. The highest BCUT2D eigenvalue weighted by molar-refractivity contribution is 5.83. The molecule has 1 N–H and O–H groups in total. The molecule has 0 aliphatic carbocycles. The maximum Gasteiger partial charge on any atom is 0.220 e. The second kappa shape index (κ2) is 8.58. The lowest BCUT2D eigenvalue weighted by Crippen LogP contribution is -2.26. The van der Waals surface area contributed by atoms with E-state index in [-0.39, 0.29) is 11.9 Å². The van der Waals surface area contributed by atoms with E-state index in [0.717, 1.165) is 11.1 Å². The fourth-order valence-corrected chi connectivity index (χ4v) is 3.27. The molecule has 0 fully saturated rings. The van der Waals surface area contributed by atoms with Gasteiger partial charge in [0.05, 0.1) is 20.3 Å². The lowest BCUT2D eigenvalue weighted by Gasteiger charge is -2.16. The second-order valence-electron chi connectivity index (χ2n) is 6.55. The van der Waals surface area contributed by atoms with Crippen molar-refractivity contribution in [3.63, 3.8) is 0 Å². The molecule has 0 aliphatic heterocycles. The summed E-state index contributed by atoms with van der Waals surface area (Å²) in [6.45, 7) is 2.01. The summed E-state index contributed by atoms with van der Waals surface area (Å²) in [6.07, 6.45) is 0.984. The SMILES string of the molecule is COc1cccc(CCC(=O)N[C@@H](C)c2ccc3ccccc3c2)c1OC. The number of amides is 1. The third-order valence-electron chi connectivity index (χ3n) is 4.76. The molecule has 0 saturated carbocycles. The molecule has 27 heavy (non-hydrogen) atoms. The Balaban J connectivity index is 1.63. The Morgan fingerprint density at radius 2 is 1.74 bits per heavy atom. The largest absolute Gasteiger partial charge is 0.493 e. The molecule has 1 atom stereocenters. The van der Waals surface area contributed by atoms with Gasteiger partial charge in [0, 0.05) is 6.42 Å². The summed E-state index contributed by atoms with van der Waals surface area (Å²) < 4.78 is 10.7. The van der Waals surface area contributed by atoms with Gasteiger partial charge >= 0.3 is 0 Å². The minimum atomic E-state index is -0.0469. The Kier molecular flexibility index (Phi) is 5.97. The predicted octanol–water partition coefficient (Wildman–Crippen LogP) is 4.67. The quantitative estimate of drug-likeness (QED) is 0.664. The van der Waals surface area contributed by atoms with Gasteiger partial charge in [-0.3, -0.25) is 4.79 Å². The number of para-hydroxylation sites is 1. The highest BCUT2D eigenvalue weighted by atomic mass is 16.5. The molecular formula is C23H25NO3. The van der Waals surface area contributed by atoms with Gasteiger partial charge in [0.2, 0.25) is 5.91 Å². The Labute approximate surface area is 160 Å². The van der Waals surface area contributed by atoms with Crippen molar-refractivity contribution in [1.29, 1.82) is 0 Å². The van der Waals surface area contributed by atoms with Crippen LogP contribution in [0, 0.1) is 0 Å². The summed E-state index contributed by atoms with van der Waals surface area (Å²) in [7, 11) is 3.23. The van der Waals surface area contributed by atoms with E-state index in [9.17, 15) is 4.79 Å². The number of fused-ring (bicyclic) bond motifs is 1. The van der Waals surface area contributed by atoms with Crippen molar-refractivity contribution in [2.24, 2.45) is 0 Å². The predicted molar refractivity (Wildman–Crippen MR) is 108 cm³/mol. The number of aryl methyl sites for hydroxylation is 1. The van der Waals surface area contributed by atoms with Gasteiger partial charge in [-0.1, -0.05) is 48.5 Å². The van der Waals surface area contributed by atoms with Crippen molar-refractivity contribution in [3.8, 4) is 11.5 Å². The van der Waals surface area contributed by atoms with E-state index >= 15 is 0 Å². The molecular weight excluding hydrogens is 338 g/mol. The van der Waals surface area contributed by atoms with E-state index in [1.54, 1.807) is 14.2 Å². The van der Waals surface area contributed by atoms with Crippen LogP contribution in [0.4, 0.5) is 0 Å². The number of nitrogens with one attached hydrogen (secondary N) is 1. The molecule has 0 heterocycles. The zero-order valence-electron chi connectivity index (χ0n) is 16.0. The minimum absolute atomic E-state index is 0.0144. The molecule has 0 bridgehead atoms. The van der Waals surface area contributed by atoms with Crippen LogP contribution in [0.15, 0.2) is 60.7 Å². The van der Waals surface area contributed by atoms with Crippen molar-refractivity contribution in [2.75, 3.05) is 14.2 Å². The minimum Gasteiger partial charge on any atom is -0.493 e. The normalized spacial score (nSPS) is 11.8. The van der Waals surface area contributed by atoms with Crippen LogP contribution in [-0.4, -0.2) is 20.1 Å². The second-order valence-corrected chi connectivity index (χ2v) is 6.55. The lowest BCUT2D eigenvalue weighted by atomic mass is 10.0. The average Bonchev–Trinajstić information content (AvgIpc) is 2.71. The summed E-state index contributed by atoms with van der Waals surface area (Å²) in [4.78, 5) is 12.4. The van der Waals surface area contributed by atoms with Crippen LogP contribution in [0.1, 0.15) is 30.5 Å². The van der Waals surface area contributed by atoms with Gasteiger partial charge in [-0.2, -0.15) is 0 Å². The third kappa shape index (κ3) is 4.40. The fourth-order valence-electron chi connectivity index (χ4n) is 3.27. The van der Waals surface area contributed by atoms with Crippen LogP contribution in [0.5, 0.6) is 11.5 Å². The number of carbonyl (C=O) groups is 1. The number of hydrogen-bond donors (Lipinski definition) is 1. The molecule has 0 spiro atoms. The number of benzene rings is 3. The number of rotatable bonds is 7. The van der Waals surface area contributed by atoms with E-state index < -0.39 is 0 Å². The molecule has 1 amide bonds. The van der Waals surface area contributed by atoms with Crippen LogP contribution >= 0.6 is 0 Å². The standard InChI is InChI=1S/C23H25NO3/c1-16(19-12-11-17-7-4-5-8-20(17)15-19)24-22(25)14-13-18-9-6-10-21(26-2)23(18)27-3/h4-12,15-16H,13-14H2,1-3H3,(H,24,25)/t16-/m0/s1. The molecule has 0 saturated heterocycles. The van der Waals surface area contributed by atoms with Gasteiger partial charge in [0.1, 0.15) is 0 Å². The van der Waals surface area contributed by atoms with E-state index in [2.05, 4.69) is 35.6 Å². The first kappa shape index (κ1) is 18.8. The maximum atomic E-state index is 12.4. The molecule has 4 nitrogen and oxygen atoms in total. The molecule has 3 aromatic rings. The Morgan fingerprint density at radius 3 is 2.48 bits per heavy atom. The fraction of sp³-hybridized carbons (Fsp3) is 0.261. The molecule has 3 rings (SSSR count). The molecule has 0 radical (unpaired) electrons. The van der Waals surface area contributed by atoms with Crippen molar-refractivity contribution in [3.05, 3.63) is 71.8 Å². The van der Waals surface area contributed by atoms with Crippen molar-refractivity contribution >= 4 is 16.7 Å². The topological polar surface area (TPSA) is 47.6 Å². The molecule has 0 aromatic heterocycles. The van der Waals surface area contributed by atoms with E-state index in [0.29, 0.717) is 24.3 Å². The highest BCUT2D eigenvalue weighted by Crippen LogP contribution is 2.31. The Morgan fingerprint density at radius 1 is 0.963 bits per heavy atom. The van der Waals surface area contributed by atoms with Crippen molar-refractivity contribution in [1.82, 2.24) is 5.32 Å². The lowest BCUT2D eigenvalue weighted by molar-refractivity contribution is -0.121. The van der Waals surface area contributed by atoms with Crippen LogP contribution in [0.3, 0.4) is 0 Å². The summed E-state index contributed by atoms with van der Waals surface area (Å²) in [5.74, 6) is 1.39. The van der Waals surface area contributed by atoms with Gasteiger partial charge < -0.3 is 14.8 Å². The van der Waals surface area contributed by atoms with Crippen LogP contribution < -0.4 is 14.8 Å². The van der Waals surface area contributed by atoms with Gasteiger partial charge in [-0.15, -0.1) is 0 Å². The average molecular weight is 363 g/mol. The Bertz CT molecular complexity index is 936. The third-order valence-corrected chi connectivity index (χ3v) is 4.76. The van der Waals surface area contributed by atoms with Crippen LogP contribution in [0.2, 0.25) is 0 Å². The van der Waals surface area contributed by atoms with Crippen LogP contribution in [0.25, 0.3) is 10.8 Å². The molecule has 140 valence electrons. The first-order valence-electron chi connectivity index (χ1n) is 9.10. The van der Waals surface area contributed by atoms with Gasteiger partial charge in [0.15, 0.2) is 11.5 Å². The van der Waals surface area contributed by atoms with E-state index in [1.165, 1.54) is 10.8 Å². The first-order chi connectivity index (χ1) is 13.1. The van der Waals surface area contributed by atoms with E-state index in [4.69, 9.17) is 9.47 Å². The monoisotopic (exact) mass is 363 g/mol. The van der Waals surface area contributed by atoms with Crippen LogP contribution in [-0.2, 0) is 11.2 Å². The number of carbonyl (C=O) groups excluding carboxylic acids is 1. The Hall–Kier alpha value is -3.01. The number of ether oxygens (including phenoxy) is 2. The summed E-state index contributed by atoms with van der Waals surface area (Å²) >= 11 is 0. The smallest absolute Gasteiger partial charge is 0.220 e. The van der Waals surface area contributed by atoms with Gasteiger partial charge in [0.25, 0.3) is 0 Å². The van der Waals surface area contributed by atoms with Crippen molar-refractivity contribution < 1.29 is 14.3 Å². The summed E-state index contributed by atoms with van der Waals surface area (Å²) in [6, 6.07) is 20.2.